The van der Waals surface area contributed by atoms with E-state index in [4.69, 9.17) is 23.2 Å². The van der Waals surface area contributed by atoms with Gasteiger partial charge in [-0.25, -0.2) is 9.67 Å². The van der Waals surface area contributed by atoms with E-state index >= 15 is 0 Å². The van der Waals surface area contributed by atoms with Crippen molar-refractivity contribution >= 4 is 41.5 Å². The number of carbonyl (C=O) groups excluding carboxylic acids is 1. The molecule has 0 saturated carbocycles. The molecule has 2 saturated heterocycles. The topological polar surface area (TPSA) is 63.1 Å². The third-order valence-electron chi connectivity index (χ3n) is 4.79. The molecule has 2 fully saturated rings. The Labute approximate surface area is 161 Å². The first-order valence-electron chi connectivity index (χ1n) is 7.92. The zero-order chi connectivity index (χ0) is 16.8. The molecule has 1 N–H and O–H groups in total. The van der Waals surface area contributed by atoms with Gasteiger partial charge in [0.25, 0.3) is 5.91 Å². The lowest BCUT2D eigenvalue weighted by molar-refractivity contribution is 0.0769. The molecule has 1 aromatic carbocycles. The van der Waals surface area contributed by atoms with Crippen molar-refractivity contribution in [3.8, 4) is 5.69 Å². The molecule has 1 amide bonds. The molecule has 2 aliphatic heterocycles. The van der Waals surface area contributed by atoms with Gasteiger partial charge in [-0.05, 0) is 30.9 Å². The number of halogens is 3. The number of hydrogen-bond acceptors (Lipinski definition) is 4. The van der Waals surface area contributed by atoms with Gasteiger partial charge in [-0.15, -0.1) is 17.5 Å². The SMILES string of the molecule is Cc1nc(C(=O)N2C[C@H]3CNC[C@H]3C2)nn1-c1c(Cl)cccc1Cl.Cl. The normalized spacial score (nSPS) is 22.0. The van der Waals surface area contributed by atoms with Crippen LogP contribution in [-0.2, 0) is 0 Å². The van der Waals surface area contributed by atoms with Crippen LogP contribution in [0.5, 0.6) is 0 Å². The predicted molar refractivity (Wildman–Crippen MR) is 99.1 cm³/mol. The van der Waals surface area contributed by atoms with E-state index in [1.807, 2.05) is 4.90 Å². The summed E-state index contributed by atoms with van der Waals surface area (Å²) in [6, 6.07) is 5.24. The molecule has 0 radical (unpaired) electrons. The van der Waals surface area contributed by atoms with Crippen LogP contribution in [0.15, 0.2) is 18.2 Å². The van der Waals surface area contributed by atoms with Gasteiger partial charge < -0.3 is 10.2 Å². The highest BCUT2D eigenvalue weighted by Gasteiger charge is 2.39. The molecule has 4 rings (SSSR count). The Hall–Kier alpha value is -1.34. The Morgan fingerprint density at radius 3 is 2.40 bits per heavy atom. The van der Waals surface area contributed by atoms with E-state index in [9.17, 15) is 4.79 Å². The van der Waals surface area contributed by atoms with Crippen LogP contribution >= 0.6 is 35.6 Å². The van der Waals surface area contributed by atoms with Crippen molar-refractivity contribution in [1.82, 2.24) is 25.0 Å². The van der Waals surface area contributed by atoms with Crippen molar-refractivity contribution < 1.29 is 4.79 Å². The van der Waals surface area contributed by atoms with Crippen molar-refractivity contribution in [1.29, 1.82) is 0 Å². The number of aryl methyl sites for hydroxylation is 1. The Balaban J connectivity index is 0.00000182. The average molecular weight is 403 g/mol. The fourth-order valence-electron chi connectivity index (χ4n) is 3.55. The molecule has 2 aromatic rings. The van der Waals surface area contributed by atoms with Crippen molar-refractivity contribution in [2.24, 2.45) is 11.8 Å². The predicted octanol–water partition coefficient (Wildman–Crippen LogP) is 2.60. The highest BCUT2D eigenvalue weighted by atomic mass is 35.5. The van der Waals surface area contributed by atoms with Crippen molar-refractivity contribution in [2.45, 2.75) is 6.92 Å². The lowest BCUT2D eigenvalue weighted by Crippen LogP contribution is -2.32. The lowest BCUT2D eigenvalue weighted by Gasteiger charge is -2.15. The molecule has 0 aliphatic carbocycles. The summed E-state index contributed by atoms with van der Waals surface area (Å²) in [5.41, 5.74) is 0.548. The highest BCUT2D eigenvalue weighted by Crippen LogP contribution is 2.30. The van der Waals surface area contributed by atoms with E-state index in [0.717, 1.165) is 26.2 Å². The minimum absolute atomic E-state index is 0. The molecule has 25 heavy (non-hydrogen) atoms. The van der Waals surface area contributed by atoms with Crippen LogP contribution in [0.4, 0.5) is 0 Å². The number of rotatable bonds is 2. The molecule has 9 heteroatoms. The van der Waals surface area contributed by atoms with E-state index in [1.54, 1.807) is 25.1 Å². The van der Waals surface area contributed by atoms with Crippen LogP contribution in [0.3, 0.4) is 0 Å². The van der Waals surface area contributed by atoms with Crippen LogP contribution in [0.2, 0.25) is 10.0 Å². The van der Waals surface area contributed by atoms with Crippen molar-refractivity contribution in [3.63, 3.8) is 0 Å². The number of nitrogens with one attached hydrogen (secondary N) is 1. The second kappa shape index (κ2) is 7.11. The first-order chi connectivity index (χ1) is 11.5. The van der Waals surface area contributed by atoms with Gasteiger partial charge in [0.05, 0.1) is 10.0 Å². The summed E-state index contributed by atoms with van der Waals surface area (Å²) in [5.74, 6) is 1.71. The fourth-order valence-corrected chi connectivity index (χ4v) is 4.10. The minimum Gasteiger partial charge on any atom is -0.335 e. The Morgan fingerprint density at radius 1 is 1.20 bits per heavy atom. The first kappa shape index (κ1) is 18.5. The Morgan fingerprint density at radius 2 is 1.80 bits per heavy atom. The molecule has 0 spiro atoms. The Kier molecular flexibility index (Phi) is 5.25. The number of nitrogens with zero attached hydrogens (tertiary/aromatic N) is 4. The summed E-state index contributed by atoms with van der Waals surface area (Å²) >= 11 is 12.5. The quantitative estimate of drug-likeness (QED) is 0.839. The maximum absolute atomic E-state index is 12.7. The molecule has 0 bridgehead atoms. The maximum Gasteiger partial charge on any atom is 0.293 e. The number of likely N-dealkylation sites (tertiary alicyclic amines) is 1. The number of fused-ring (bicyclic) bond motifs is 1. The first-order valence-corrected chi connectivity index (χ1v) is 8.68. The summed E-state index contributed by atoms with van der Waals surface area (Å²) < 4.78 is 1.54. The summed E-state index contributed by atoms with van der Waals surface area (Å²) in [5, 5.41) is 8.68. The van der Waals surface area contributed by atoms with Gasteiger partial charge >= 0.3 is 0 Å². The summed E-state index contributed by atoms with van der Waals surface area (Å²) in [6.45, 7) is 5.26. The van der Waals surface area contributed by atoms with E-state index in [1.165, 1.54) is 4.68 Å². The molecule has 3 heterocycles. The number of hydrogen-bond donors (Lipinski definition) is 1. The fraction of sp³-hybridized carbons (Fsp3) is 0.438. The maximum atomic E-state index is 12.7. The number of carbonyl (C=O) groups is 1. The molecule has 6 nitrogen and oxygen atoms in total. The summed E-state index contributed by atoms with van der Waals surface area (Å²) in [4.78, 5) is 18.9. The van der Waals surface area contributed by atoms with Crippen molar-refractivity contribution in [2.75, 3.05) is 26.2 Å². The number of amides is 1. The standard InChI is InChI=1S/C16H17Cl2N5O.ClH/c1-9-20-15(16(24)22-7-10-5-19-6-11(10)8-22)21-23(9)14-12(17)3-2-4-13(14)18;/h2-4,10-11,19H,5-8H2,1H3;1H/t10-,11+;. The number of benzene rings is 1. The van der Waals surface area contributed by atoms with Gasteiger partial charge in [-0.1, -0.05) is 29.3 Å². The van der Waals surface area contributed by atoms with Gasteiger partial charge in [-0.2, -0.15) is 0 Å². The zero-order valence-electron chi connectivity index (χ0n) is 13.6. The molecular weight excluding hydrogens is 385 g/mol. The smallest absolute Gasteiger partial charge is 0.293 e. The molecular formula is C16H18Cl3N5O. The van der Waals surface area contributed by atoms with Crippen molar-refractivity contribution in [3.05, 3.63) is 39.9 Å². The third-order valence-corrected chi connectivity index (χ3v) is 5.40. The van der Waals surface area contributed by atoms with Gasteiger partial charge in [0.15, 0.2) is 0 Å². The average Bonchev–Trinajstić information content (AvgIpc) is 3.21. The highest BCUT2D eigenvalue weighted by molar-refractivity contribution is 6.37. The van der Waals surface area contributed by atoms with E-state index in [-0.39, 0.29) is 24.1 Å². The molecule has 2 aliphatic rings. The van der Waals surface area contributed by atoms with Crippen LogP contribution in [0, 0.1) is 18.8 Å². The molecule has 0 unspecified atom stereocenters. The zero-order valence-corrected chi connectivity index (χ0v) is 15.9. The molecule has 2 atom stereocenters. The Bertz CT molecular complexity index is 777. The second-order valence-corrected chi connectivity index (χ2v) is 7.17. The van der Waals surface area contributed by atoms with E-state index in [2.05, 4.69) is 15.4 Å². The van der Waals surface area contributed by atoms with Gasteiger partial charge in [0, 0.05) is 26.2 Å². The lowest BCUT2D eigenvalue weighted by atomic mass is 10.0. The minimum atomic E-state index is -0.130. The summed E-state index contributed by atoms with van der Waals surface area (Å²) in [7, 11) is 0. The van der Waals surface area contributed by atoms with Crippen LogP contribution in [0.25, 0.3) is 5.69 Å². The third kappa shape index (κ3) is 3.24. The van der Waals surface area contributed by atoms with Crippen LogP contribution in [0.1, 0.15) is 16.4 Å². The van der Waals surface area contributed by atoms with Crippen LogP contribution < -0.4 is 5.32 Å². The number of aromatic nitrogens is 3. The molecule has 134 valence electrons. The number of para-hydroxylation sites is 1. The summed E-state index contributed by atoms with van der Waals surface area (Å²) in [6.07, 6.45) is 0. The second-order valence-electron chi connectivity index (χ2n) is 6.35. The van der Waals surface area contributed by atoms with Gasteiger partial charge in [0.2, 0.25) is 5.82 Å². The van der Waals surface area contributed by atoms with E-state index in [0.29, 0.717) is 33.4 Å². The van der Waals surface area contributed by atoms with Gasteiger partial charge in [-0.3, -0.25) is 4.79 Å². The van der Waals surface area contributed by atoms with E-state index < -0.39 is 0 Å². The molecule has 1 aromatic heterocycles. The van der Waals surface area contributed by atoms with Gasteiger partial charge in [0.1, 0.15) is 11.5 Å². The largest absolute Gasteiger partial charge is 0.335 e. The van der Waals surface area contributed by atoms with Crippen LogP contribution in [-0.4, -0.2) is 51.8 Å². The monoisotopic (exact) mass is 401 g/mol.